The second-order valence-corrected chi connectivity index (χ2v) is 8.14. The number of ether oxygens (including phenoxy) is 3. The second kappa shape index (κ2) is 8.14. The highest BCUT2D eigenvalue weighted by Crippen LogP contribution is 2.42. The van der Waals surface area contributed by atoms with E-state index in [1.165, 1.54) is 5.01 Å². The van der Waals surface area contributed by atoms with Crippen molar-refractivity contribution >= 4 is 38.6 Å². The Hall–Kier alpha value is -3.20. The molecule has 8 nitrogen and oxygen atoms in total. The molecule has 1 atom stereocenters. The number of halogens is 1. The molecule has 31 heavy (non-hydrogen) atoms. The van der Waals surface area contributed by atoms with Crippen LogP contribution in [0.25, 0.3) is 10.9 Å². The first kappa shape index (κ1) is 21.0. The average Bonchev–Trinajstić information content (AvgIpc) is 3.34. The van der Waals surface area contributed by atoms with Crippen molar-refractivity contribution in [2.24, 2.45) is 17.9 Å². The van der Waals surface area contributed by atoms with Gasteiger partial charge < -0.3 is 24.5 Å². The van der Waals surface area contributed by atoms with Crippen LogP contribution >= 0.6 is 15.9 Å². The quantitative estimate of drug-likeness (QED) is 0.584. The van der Waals surface area contributed by atoms with Crippen molar-refractivity contribution in [2.45, 2.75) is 12.5 Å². The van der Waals surface area contributed by atoms with Crippen molar-refractivity contribution in [3.8, 4) is 17.2 Å². The lowest BCUT2D eigenvalue weighted by Crippen LogP contribution is -2.31. The third-order valence-electron chi connectivity index (χ3n) is 5.48. The zero-order valence-corrected chi connectivity index (χ0v) is 19.3. The number of urea groups is 1. The van der Waals surface area contributed by atoms with Crippen molar-refractivity contribution in [1.29, 1.82) is 0 Å². The maximum absolute atomic E-state index is 12.3. The first-order valence-electron chi connectivity index (χ1n) is 9.59. The molecule has 2 N–H and O–H groups in total. The van der Waals surface area contributed by atoms with Crippen LogP contribution in [0, 0.1) is 0 Å². The summed E-state index contributed by atoms with van der Waals surface area (Å²) in [5, 5.41) is 6.94. The number of hydrazone groups is 1. The fourth-order valence-electron chi connectivity index (χ4n) is 4.04. The van der Waals surface area contributed by atoms with Gasteiger partial charge in [-0.2, -0.15) is 5.10 Å². The molecule has 0 aliphatic carbocycles. The van der Waals surface area contributed by atoms with E-state index >= 15 is 0 Å². The van der Waals surface area contributed by atoms with Gasteiger partial charge in [0.25, 0.3) is 0 Å². The lowest BCUT2D eigenvalue weighted by atomic mass is 9.97. The number of carbonyl (C=O) groups is 1. The zero-order chi connectivity index (χ0) is 22.3. The standard InChI is InChI=1S/C22H23BrN4O4/c1-26-11-15(14-9-13(23)5-6-17(14)26)18-10-16(25-27(18)22(24)28)12-7-19(29-2)21(31-4)20(8-12)30-3/h5-9,11,18H,10H2,1-4H3,(H2,24,28). The number of aromatic nitrogens is 1. The fourth-order valence-corrected chi connectivity index (χ4v) is 4.40. The molecule has 1 aromatic heterocycles. The van der Waals surface area contributed by atoms with Gasteiger partial charge in [0.05, 0.1) is 33.1 Å². The van der Waals surface area contributed by atoms with Crippen LogP contribution < -0.4 is 19.9 Å². The number of primary amides is 1. The third kappa shape index (κ3) is 3.59. The van der Waals surface area contributed by atoms with Gasteiger partial charge >= 0.3 is 6.03 Å². The number of rotatable bonds is 5. The van der Waals surface area contributed by atoms with E-state index in [1.54, 1.807) is 21.3 Å². The second-order valence-electron chi connectivity index (χ2n) is 7.22. The molecule has 0 fully saturated rings. The smallest absolute Gasteiger partial charge is 0.335 e. The summed E-state index contributed by atoms with van der Waals surface area (Å²) < 4.78 is 19.3. The number of aryl methyl sites for hydroxylation is 1. The molecule has 0 spiro atoms. The molecular weight excluding hydrogens is 464 g/mol. The van der Waals surface area contributed by atoms with Gasteiger partial charge in [0.1, 0.15) is 0 Å². The first-order chi connectivity index (χ1) is 14.9. The molecule has 2 aromatic carbocycles. The summed E-state index contributed by atoms with van der Waals surface area (Å²) >= 11 is 3.54. The minimum absolute atomic E-state index is 0.329. The van der Waals surface area contributed by atoms with E-state index in [2.05, 4.69) is 21.0 Å². The lowest BCUT2D eigenvalue weighted by Gasteiger charge is -2.19. The van der Waals surface area contributed by atoms with E-state index in [-0.39, 0.29) is 6.04 Å². The number of hydrogen-bond acceptors (Lipinski definition) is 5. The predicted octanol–water partition coefficient (Wildman–Crippen LogP) is 4.20. The summed E-state index contributed by atoms with van der Waals surface area (Å²) in [7, 11) is 6.65. The lowest BCUT2D eigenvalue weighted by molar-refractivity contribution is 0.196. The number of fused-ring (bicyclic) bond motifs is 1. The Morgan fingerprint density at radius 3 is 2.39 bits per heavy atom. The van der Waals surface area contributed by atoms with E-state index in [0.717, 1.165) is 26.5 Å². The normalized spacial score (nSPS) is 15.8. The van der Waals surface area contributed by atoms with E-state index in [4.69, 9.17) is 19.9 Å². The van der Waals surface area contributed by atoms with E-state index in [1.807, 2.05) is 48.1 Å². The fraction of sp³-hybridized carbons (Fsp3) is 0.273. The van der Waals surface area contributed by atoms with Crippen molar-refractivity contribution in [1.82, 2.24) is 9.58 Å². The number of methoxy groups -OCH3 is 3. The zero-order valence-electron chi connectivity index (χ0n) is 17.7. The molecule has 1 aliphatic rings. The monoisotopic (exact) mass is 486 g/mol. The summed E-state index contributed by atoms with van der Waals surface area (Å²) in [6.45, 7) is 0. The summed E-state index contributed by atoms with van der Waals surface area (Å²) in [6.07, 6.45) is 2.51. The molecule has 9 heteroatoms. The Balaban J connectivity index is 1.80. The molecule has 0 saturated heterocycles. The molecule has 2 heterocycles. The van der Waals surface area contributed by atoms with Gasteiger partial charge in [-0.3, -0.25) is 0 Å². The highest BCUT2D eigenvalue weighted by molar-refractivity contribution is 9.10. The first-order valence-corrected chi connectivity index (χ1v) is 10.4. The largest absolute Gasteiger partial charge is 0.493 e. The SMILES string of the molecule is COc1cc(C2=NN(C(N)=O)C(c3cn(C)c4ccc(Br)cc34)C2)cc(OC)c1OC. The van der Waals surface area contributed by atoms with E-state index < -0.39 is 6.03 Å². The Bertz CT molecular complexity index is 1180. The number of carbonyl (C=O) groups excluding carboxylic acids is 1. The maximum Gasteiger partial charge on any atom is 0.335 e. The van der Waals surface area contributed by atoms with Crippen LogP contribution in [0.15, 0.2) is 46.1 Å². The topological polar surface area (TPSA) is 91.3 Å². The van der Waals surface area contributed by atoms with Crippen LogP contribution in [-0.4, -0.2) is 42.6 Å². The van der Waals surface area contributed by atoms with Crippen LogP contribution in [0.2, 0.25) is 0 Å². The van der Waals surface area contributed by atoms with Gasteiger partial charge in [-0.1, -0.05) is 15.9 Å². The summed E-state index contributed by atoms with van der Waals surface area (Å²) in [5.41, 5.74) is 9.21. The Kier molecular flexibility index (Phi) is 5.53. The summed E-state index contributed by atoms with van der Waals surface area (Å²) in [4.78, 5) is 12.3. The summed E-state index contributed by atoms with van der Waals surface area (Å²) in [6, 6.07) is 8.77. The predicted molar refractivity (Wildman–Crippen MR) is 122 cm³/mol. The van der Waals surface area contributed by atoms with Gasteiger partial charge in [0.15, 0.2) is 11.5 Å². The van der Waals surface area contributed by atoms with E-state index in [0.29, 0.717) is 29.4 Å². The molecule has 4 rings (SSSR count). The van der Waals surface area contributed by atoms with Gasteiger partial charge in [-0.15, -0.1) is 0 Å². The van der Waals surface area contributed by atoms with Crippen molar-refractivity contribution in [2.75, 3.05) is 21.3 Å². The van der Waals surface area contributed by atoms with Gasteiger partial charge in [0, 0.05) is 46.2 Å². The van der Waals surface area contributed by atoms with Crippen molar-refractivity contribution < 1.29 is 19.0 Å². The number of nitrogens with zero attached hydrogens (tertiary/aromatic N) is 3. The Morgan fingerprint density at radius 2 is 1.81 bits per heavy atom. The molecule has 3 aromatic rings. The minimum atomic E-state index is -0.612. The van der Waals surface area contributed by atoms with Gasteiger partial charge in [-0.05, 0) is 30.3 Å². The molecule has 1 aliphatic heterocycles. The third-order valence-corrected chi connectivity index (χ3v) is 5.97. The van der Waals surface area contributed by atoms with E-state index in [9.17, 15) is 4.79 Å². The van der Waals surface area contributed by atoms with Crippen LogP contribution in [0.1, 0.15) is 23.6 Å². The number of hydrogen-bond donors (Lipinski definition) is 1. The van der Waals surface area contributed by atoms with Crippen LogP contribution in [-0.2, 0) is 7.05 Å². The molecule has 2 amide bonds. The van der Waals surface area contributed by atoms with Gasteiger partial charge in [-0.25, -0.2) is 9.80 Å². The number of amides is 2. The highest BCUT2D eigenvalue weighted by atomic mass is 79.9. The molecule has 0 bridgehead atoms. The minimum Gasteiger partial charge on any atom is -0.493 e. The van der Waals surface area contributed by atoms with Gasteiger partial charge in [0.2, 0.25) is 5.75 Å². The number of nitrogens with two attached hydrogens (primary N) is 1. The molecular formula is C22H23BrN4O4. The highest BCUT2D eigenvalue weighted by Gasteiger charge is 2.34. The Labute approximate surface area is 188 Å². The maximum atomic E-state index is 12.3. The van der Waals surface area contributed by atoms with Crippen LogP contribution in [0.4, 0.5) is 4.79 Å². The molecule has 1 unspecified atom stereocenters. The Morgan fingerprint density at radius 1 is 1.13 bits per heavy atom. The van der Waals surface area contributed by atoms with Crippen molar-refractivity contribution in [3.63, 3.8) is 0 Å². The van der Waals surface area contributed by atoms with Crippen LogP contribution in [0.5, 0.6) is 17.2 Å². The average molecular weight is 487 g/mol. The van der Waals surface area contributed by atoms with Crippen LogP contribution in [0.3, 0.4) is 0 Å². The molecule has 0 saturated carbocycles. The number of benzene rings is 2. The van der Waals surface area contributed by atoms with Crippen molar-refractivity contribution in [3.05, 3.63) is 52.1 Å². The summed E-state index contributed by atoms with van der Waals surface area (Å²) in [5.74, 6) is 1.53. The molecule has 0 radical (unpaired) electrons. The molecule has 162 valence electrons.